The van der Waals surface area contributed by atoms with Gasteiger partial charge in [-0.3, -0.25) is 4.79 Å². The average Bonchev–Trinajstić information content (AvgIpc) is 2.19. The molecule has 0 unspecified atom stereocenters. The molecule has 1 saturated heterocycles. The van der Waals surface area contributed by atoms with Crippen LogP contribution in [0.4, 0.5) is 0 Å². The zero-order valence-corrected chi connectivity index (χ0v) is 9.95. The number of hydrogen-bond donors (Lipinski definition) is 1. The number of thioether (sulfide) groups is 1. The van der Waals surface area contributed by atoms with E-state index in [0.29, 0.717) is 11.9 Å². The Labute approximate surface area is 91.3 Å². The van der Waals surface area contributed by atoms with E-state index in [0.717, 1.165) is 6.54 Å². The van der Waals surface area contributed by atoms with Crippen molar-refractivity contribution >= 4 is 33.7 Å². The van der Waals surface area contributed by atoms with Gasteiger partial charge in [-0.05, 0) is 0 Å². The molecule has 0 aliphatic carbocycles. The molecule has 0 aromatic rings. The quantitative estimate of drug-likeness (QED) is 0.554. The molecule has 0 amide bonds. The van der Waals surface area contributed by atoms with E-state index in [2.05, 4.69) is 15.9 Å². The van der Waals surface area contributed by atoms with Crippen molar-refractivity contribution in [3.05, 3.63) is 0 Å². The van der Waals surface area contributed by atoms with E-state index in [1.54, 1.807) is 4.90 Å². The second-order valence-electron chi connectivity index (χ2n) is 2.97. The highest BCUT2D eigenvalue weighted by molar-refractivity contribution is 9.09. The van der Waals surface area contributed by atoms with Gasteiger partial charge < -0.3 is 9.64 Å². The van der Waals surface area contributed by atoms with Gasteiger partial charge in [0.15, 0.2) is 0 Å². The van der Waals surface area contributed by atoms with Gasteiger partial charge in [-0.25, -0.2) is 0 Å². The third kappa shape index (κ3) is 4.88. The van der Waals surface area contributed by atoms with Crippen LogP contribution in [0.15, 0.2) is 0 Å². The zero-order valence-electron chi connectivity index (χ0n) is 7.55. The molecule has 1 rings (SSSR count). The fourth-order valence-electron chi connectivity index (χ4n) is 1.26. The number of carbonyl (C=O) groups is 1. The standard InChI is InChI=1S/C8H14BrNO2S/c9-7-8(11)12-4-1-10-2-5-13-6-3-10/h1-7H2/p+1. The van der Waals surface area contributed by atoms with Crippen molar-refractivity contribution in [1.29, 1.82) is 0 Å². The molecule has 0 spiro atoms. The van der Waals surface area contributed by atoms with Crippen molar-refractivity contribution in [1.82, 2.24) is 0 Å². The molecule has 1 heterocycles. The Bertz CT molecular complexity index is 162. The summed E-state index contributed by atoms with van der Waals surface area (Å²) in [6, 6.07) is 0. The number of carbonyl (C=O) groups excluding carboxylic acids is 1. The summed E-state index contributed by atoms with van der Waals surface area (Å²) in [5.41, 5.74) is 0. The summed E-state index contributed by atoms with van der Waals surface area (Å²) >= 11 is 5.06. The van der Waals surface area contributed by atoms with Crippen LogP contribution in [-0.4, -0.2) is 49.0 Å². The minimum absolute atomic E-state index is 0.161. The Morgan fingerprint density at radius 2 is 2.15 bits per heavy atom. The van der Waals surface area contributed by atoms with Crippen molar-refractivity contribution in [2.75, 3.05) is 43.1 Å². The monoisotopic (exact) mass is 268 g/mol. The van der Waals surface area contributed by atoms with Gasteiger partial charge >= 0.3 is 5.97 Å². The number of alkyl halides is 1. The van der Waals surface area contributed by atoms with Crippen molar-refractivity contribution in [2.45, 2.75) is 0 Å². The van der Waals surface area contributed by atoms with E-state index in [1.165, 1.54) is 24.6 Å². The van der Waals surface area contributed by atoms with E-state index in [-0.39, 0.29) is 5.97 Å². The number of hydrogen-bond acceptors (Lipinski definition) is 3. The Morgan fingerprint density at radius 3 is 2.77 bits per heavy atom. The summed E-state index contributed by atoms with van der Waals surface area (Å²) in [4.78, 5) is 12.3. The first-order valence-electron chi connectivity index (χ1n) is 4.46. The molecule has 1 aliphatic heterocycles. The molecule has 1 aliphatic rings. The summed E-state index contributed by atoms with van der Waals surface area (Å²) in [6.45, 7) is 3.93. The van der Waals surface area contributed by atoms with E-state index >= 15 is 0 Å². The van der Waals surface area contributed by atoms with Crippen LogP contribution in [0.3, 0.4) is 0 Å². The van der Waals surface area contributed by atoms with Crippen LogP contribution < -0.4 is 4.90 Å². The van der Waals surface area contributed by atoms with E-state index in [9.17, 15) is 4.79 Å². The highest BCUT2D eigenvalue weighted by Gasteiger charge is 2.13. The zero-order chi connectivity index (χ0) is 9.52. The molecule has 1 N–H and O–H groups in total. The first kappa shape index (κ1) is 11.3. The predicted octanol–water partition coefficient (Wildman–Crippen LogP) is -0.444. The van der Waals surface area contributed by atoms with Crippen molar-refractivity contribution in [3.63, 3.8) is 0 Å². The molecule has 0 aromatic heterocycles. The lowest BCUT2D eigenvalue weighted by atomic mass is 10.5. The van der Waals surface area contributed by atoms with E-state index < -0.39 is 0 Å². The topological polar surface area (TPSA) is 30.7 Å². The van der Waals surface area contributed by atoms with Crippen molar-refractivity contribution in [3.8, 4) is 0 Å². The van der Waals surface area contributed by atoms with Crippen LogP contribution >= 0.6 is 27.7 Å². The van der Waals surface area contributed by atoms with Crippen molar-refractivity contribution < 1.29 is 14.4 Å². The van der Waals surface area contributed by atoms with Crippen molar-refractivity contribution in [2.24, 2.45) is 0 Å². The third-order valence-electron chi connectivity index (χ3n) is 2.03. The van der Waals surface area contributed by atoms with Gasteiger partial charge in [0.1, 0.15) is 18.5 Å². The molecule has 76 valence electrons. The minimum atomic E-state index is -0.161. The molecular formula is C8H15BrNO2S+. The predicted molar refractivity (Wildman–Crippen MR) is 57.6 cm³/mol. The van der Waals surface area contributed by atoms with Gasteiger partial charge in [0.25, 0.3) is 0 Å². The lowest BCUT2D eigenvalue weighted by Crippen LogP contribution is -3.14. The lowest BCUT2D eigenvalue weighted by Gasteiger charge is -2.22. The van der Waals surface area contributed by atoms with Crippen LogP contribution in [0, 0.1) is 0 Å². The number of rotatable bonds is 4. The molecule has 0 aromatic carbocycles. The van der Waals surface area contributed by atoms with Gasteiger partial charge in [0.2, 0.25) is 0 Å². The smallest absolute Gasteiger partial charge is 0.316 e. The Morgan fingerprint density at radius 1 is 1.46 bits per heavy atom. The van der Waals surface area contributed by atoms with Crippen LogP contribution in [0.2, 0.25) is 0 Å². The fourth-order valence-corrected chi connectivity index (χ4v) is 2.49. The number of esters is 1. The van der Waals surface area contributed by atoms with E-state index in [4.69, 9.17) is 4.74 Å². The molecule has 13 heavy (non-hydrogen) atoms. The summed E-state index contributed by atoms with van der Waals surface area (Å²) in [7, 11) is 0. The van der Waals surface area contributed by atoms with Gasteiger partial charge in [-0.1, -0.05) is 15.9 Å². The van der Waals surface area contributed by atoms with Crippen LogP contribution in [0.25, 0.3) is 0 Å². The van der Waals surface area contributed by atoms with Crippen LogP contribution in [0.1, 0.15) is 0 Å². The Hall–Kier alpha value is 0.260. The number of nitrogens with one attached hydrogen (secondary N) is 1. The molecule has 5 heteroatoms. The first-order chi connectivity index (χ1) is 6.33. The van der Waals surface area contributed by atoms with E-state index in [1.807, 2.05) is 11.8 Å². The number of halogens is 1. The maximum Gasteiger partial charge on any atom is 0.316 e. The highest BCUT2D eigenvalue weighted by Crippen LogP contribution is 1.97. The first-order valence-corrected chi connectivity index (χ1v) is 6.73. The minimum Gasteiger partial charge on any atom is -0.459 e. The molecule has 0 radical (unpaired) electrons. The highest BCUT2D eigenvalue weighted by atomic mass is 79.9. The molecule has 1 fully saturated rings. The largest absolute Gasteiger partial charge is 0.459 e. The summed E-state index contributed by atoms with van der Waals surface area (Å²) in [5, 5.41) is 0.304. The average molecular weight is 269 g/mol. The molecular weight excluding hydrogens is 254 g/mol. The van der Waals surface area contributed by atoms with Crippen LogP contribution in [0.5, 0.6) is 0 Å². The summed E-state index contributed by atoms with van der Waals surface area (Å²) < 4.78 is 4.98. The maximum atomic E-state index is 10.8. The molecule has 0 bridgehead atoms. The Balaban J connectivity index is 2.01. The second-order valence-corrected chi connectivity index (χ2v) is 4.75. The molecule has 3 nitrogen and oxygen atoms in total. The normalized spacial score (nSPS) is 18.5. The van der Waals surface area contributed by atoms with Gasteiger partial charge in [-0.2, -0.15) is 11.8 Å². The van der Waals surface area contributed by atoms with Gasteiger partial charge in [-0.15, -0.1) is 0 Å². The molecule has 0 atom stereocenters. The number of quaternary nitrogens is 1. The van der Waals surface area contributed by atoms with Crippen LogP contribution in [-0.2, 0) is 9.53 Å². The lowest BCUT2D eigenvalue weighted by molar-refractivity contribution is -0.896. The molecule has 0 saturated carbocycles. The van der Waals surface area contributed by atoms with Gasteiger partial charge in [0, 0.05) is 11.5 Å². The summed E-state index contributed by atoms with van der Waals surface area (Å²) in [5.74, 6) is 2.31. The Kier molecular flexibility index (Phi) is 5.82. The second kappa shape index (κ2) is 6.68. The SMILES string of the molecule is O=C(CBr)OCC[NH+]1CCSCC1. The fraction of sp³-hybridized carbons (Fsp3) is 0.875. The summed E-state index contributed by atoms with van der Waals surface area (Å²) in [6.07, 6.45) is 0. The number of ether oxygens (including phenoxy) is 1. The third-order valence-corrected chi connectivity index (χ3v) is 3.47. The maximum absolute atomic E-state index is 10.8. The van der Waals surface area contributed by atoms with Gasteiger partial charge in [0.05, 0.1) is 13.1 Å².